The molecular formula is C16H30N2O2. The summed E-state index contributed by atoms with van der Waals surface area (Å²) in [6.45, 7) is 6.21. The van der Waals surface area contributed by atoms with E-state index in [1.54, 1.807) is 0 Å². The van der Waals surface area contributed by atoms with Gasteiger partial charge >= 0.3 is 0 Å². The molecule has 2 saturated heterocycles. The zero-order valence-corrected chi connectivity index (χ0v) is 12.9. The fourth-order valence-corrected chi connectivity index (χ4v) is 4.29. The van der Waals surface area contributed by atoms with Crippen molar-refractivity contribution in [3.8, 4) is 0 Å². The Balaban J connectivity index is 1.58. The van der Waals surface area contributed by atoms with Gasteiger partial charge in [-0.25, -0.2) is 0 Å². The Kier molecular flexibility index (Phi) is 4.65. The Morgan fingerprint density at radius 1 is 1.15 bits per heavy atom. The van der Waals surface area contributed by atoms with Gasteiger partial charge in [-0.05, 0) is 38.3 Å². The van der Waals surface area contributed by atoms with Gasteiger partial charge in [-0.2, -0.15) is 0 Å². The van der Waals surface area contributed by atoms with Crippen LogP contribution in [0.3, 0.4) is 0 Å². The Morgan fingerprint density at radius 2 is 1.85 bits per heavy atom. The lowest BCUT2D eigenvalue weighted by molar-refractivity contribution is -0.192. The summed E-state index contributed by atoms with van der Waals surface area (Å²) in [7, 11) is 0. The second-order valence-electron chi connectivity index (χ2n) is 6.85. The molecule has 20 heavy (non-hydrogen) atoms. The summed E-state index contributed by atoms with van der Waals surface area (Å²) >= 11 is 0. The predicted octanol–water partition coefficient (Wildman–Crippen LogP) is 2.12. The maximum atomic E-state index is 6.40. The summed E-state index contributed by atoms with van der Waals surface area (Å²) in [5.41, 5.74) is 6.40. The summed E-state index contributed by atoms with van der Waals surface area (Å²) in [6, 6.07) is 0.737. The van der Waals surface area contributed by atoms with Crippen LogP contribution in [0.2, 0.25) is 0 Å². The van der Waals surface area contributed by atoms with Crippen molar-refractivity contribution in [2.24, 2.45) is 11.7 Å². The van der Waals surface area contributed by atoms with E-state index in [0.717, 1.165) is 38.4 Å². The Morgan fingerprint density at radius 3 is 2.50 bits per heavy atom. The molecule has 0 aromatic heterocycles. The number of hydrogen-bond donors (Lipinski definition) is 1. The van der Waals surface area contributed by atoms with Crippen molar-refractivity contribution in [1.82, 2.24) is 4.90 Å². The highest BCUT2D eigenvalue weighted by molar-refractivity contribution is 4.96. The van der Waals surface area contributed by atoms with Crippen LogP contribution in [0.25, 0.3) is 0 Å². The van der Waals surface area contributed by atoms with Crippen LogP contribution in [0, 0.1) is 5.92 Å². The molecule has 3 fully saturated rings. The lowest BCUT2D eigenvalue weighted by Crippen LogP contribution is -2.57. The summed E-state index contributed by atoms with van der Waals surface area (Å²) in [5.74, 6) is 0.630. The van der Waals surface area contributed by atoms with Crippen molar-refractivity contribution in [3.05, 3.63) is 0 Å². The fraction of sp³-hybridized carbons (Fsp3) is 1.00. The van der Waals surface area contributed by atoms with Gasteiger partial charge in [0.1, 0.15) is 0 Å². The van der Waals surface area contributed by atoms with Gasteiger partial charge in [0.2, 0.25) is 0 Å². The van der Waals surface area contributed by atoms with Gasteiger partial charge in [-0.1, -0.05) is 19.8 Å². The highest BCUT2D eigenvalue weighted by atomic mass is 16.7. The van der Waals surface area contributed by atoms with E-state index in [4.69, 9.17) is 15.2 Å². The Labute approximate surface area is 123 Å². The van der Waals surface area contributed by atoms with Gasteiger partial charge in [-0.15, -0.1) is 0 Å². The number of nitrogens with two attached hydrogens (primary N) is 1. The summed E-state index contributed by atoms with van der Waals surface area (Å²) in [5, 5.41) is 0. The third kappa shape index (κ3) is 3.03. The van der Waals surface area contributed by atoms with E-state index in [-0.39, 0.29) is 11.8 Å². The molecule has 4 nitrogen and oxygen atoms in total. The molecule has 2 unspecified atom stereocenters. The van der Waals surface area contributed by atoms with Crippen molar-refractivity contribution >= 4 is 0 Å². The van der Waals surface area contributed by atoms with Crippen molar-refractivity contribution in [2.45, 2.75) is 69.7 Å². The molecule has 0 aromatic rings. The first-order valence-corrected chi connectivity index (χ1v) is 8.50. The number of nitrogens with zero attached hydrogens (tertiary/aromatic N) is 1. The van der Waals surface area contributed by atoms with Crippen LogP contribution < -0.4 is 5.73 Å². The minimum atomic E-state index is -0.305. The van der Waals surface area contributed by atoms with Crippen LogP contribution in [0.4, 0.5) is 0 Å². The molecular weight excluding hydrogens is 252 g/mol. The van der Waals surface area contributed by atoms with Gasteiger partial charge in [0.15, 0.2) is 5.79 Å². The Hall–Kier alpha value is -0.160. The van der Waals surface area contributed by atoms with Gasteiger partial charge in [-0.3, -0.25) is 4.90 Å². The number of hydrogen-bond acceptors (Lipinski definition) is 4. The van der Waals surface area contributed by atoms with Crippen molar-refractivity contribution < 1.29 is 9.47 Å². The molecule has 0 radical (unpaired) electrons. The first-order valence-electron chi connectivity index (χ1n) is 8.50. The number of ether oxygens (including phenoxy) is 2. The van der Waals surface area contributed by atoms with Crippen molar-refractivity contribution in [2.75, 3.05) is 26.3 Å². The largest absolute Gasteiger partial charge is 0.347 e. The third-order valence-electron chi connectivity index (χ3n) is 5.50. The molecule has 2 aliphatic heterocycles. The average Bonchev–Trinajstić information content (AvgIpc) is 2.92. The summed E-state index contributed by atoms with van der Waals surface area (Å²) < 4.78 is 11.8. The average molecular weight is 282 g/mol. The van der Waals surface area contributed by atoms with Crippen LogP contribution >= 0.6 is 0 Å². The monoisotopic (exact) mass is 282 g/mol. The lowest BCUT2D eigenvalue weighted by Gasteiger charge is -2.46. The smallest absolute Gasteiger partial charge is 0.170 e. The normalized spacial score (nSPS) is 35.7. The van der Waals surface area contributed by atoms with E-state index in [9.17, 15) is 0 Å². The SMILES string of the molecule is CCCC1CCN(C2CC3(CCC2N)OCCO3)CC1. The molecule has 0 bridgehead atoms. The molecule has 1 saturated carbocycles. The van der Waals surface area contributed by atoms with Crippen LogP contribution in [-0.2, 0) is 9.47 Å². The van der Waals surface area contributed by atoms with Gasteiger partial charge in [0, 0.05) is 24.9 Å². The molecule has 3 rings (SSSR count). The van der Waals surface area contributed by atoms with Crippen LogP contribution in [0.1, 0.15) is 51.9 Å². The summed E-state index contributed by atoms with van der Waals surface area (Å²) in [4.78, 5) is 2.61. The van der Waals surface area contributed by atoms with Crippen molar-refractivity contribution in [3.63, 3.8) is 0 Å². The van der Waals surface area contributed by atoms with E-state index < -0.39 is 0 Å². The molecule has 0 aromatic carbocycles. The first-order chi connectivity index (χ1) is 9.72. The van der Waals surface area contributed by atoms with Crippen molar-refractivity contribution in [1.29, 1.82) is 0 Å². The van der Waals surface area contributed by atoms with Crippen LogP contribution in [0.5, 0.6) is 0 Å². The molecule has 0 amide bonds. The minimum absolute atomic E-state index is 0.288. The van der Waals surface area contributed by atoms with Gasteiger partial charge in [0.05, 0.1) is 13.2 Å². The molecule has 2 heterocycles. The van der Waals surface area contributed by atoms with E-state index in [1.165, 1.54) is 38.8 Å². The third-order valence-corrected chi connectivity index (χ3v) is 5.50. The zero-order valence-electron chi connectivity index (χ0n) is 12.9. The Bertz CT molecular complexity index is 310. The molecule has 1 aliphatic carbocycles. The van der Waals surface area contributed by atoms with Crippen LogP contribution in [0.15, 0.2) is 0 Å². The predicted molar refractivity (Wildman–Crippen MR) is 79.5 cm³/mol. The van der Waals surface area contributed by atoms with E-state index in [1.807, 2.05) is 0 Å². The number of piperidine rings is 1. The quantitative estimate of drug-likeness (QED) is 0.861. The fourth-order valence-electron chi connectivity index (χ4n) is 4.29. The molecule has 4 heteroatoms. The van der Waals surface area contributed by atoms with Crippen LogP contribution in [-0.4, -0.2) is 49.1 Å². The molecule has 2 N–H and O–H groups in total. The number of likely N-dealkylation sites (tertiary alicyclic amines) is 1. The maximum absolute atomic E-state index is 6.40. The van der Waals surface area contributed by atoms with E-state index in [0.29, 0.717) is 6.04 Å². The standard InChI is InChI=1S/C16H30N2O2/c1-2-3-13-5-8-18(9-6-13)15-12-16(7-4-14(15)17)19-10-11-20-16/h13-15H,2-12,17H2,1H3. The van der Waals surface area contributed by atoms with E-state index >= 15 is 0 Å². The lowest BCUT2D eigenvalue weighted by atomic mass is 9.83. The summed E-state index contributed by atoms with van der Waals surface area (Å²) in [6.07, 6.45) is 8.35. The second kappa shape index (κ2) is 6.30. The highest BCUT2D eigenvalue weighted by Crippen LogP contribution is 2.38. The molecule has 3 aliphatic rings. The van der Waals surface area contributed by atoms with Gasteiger partial charge in [0.25, 0.3) is 0 Å². The van der Waals surface area contributed by atoms with E-state index in [2.05, 4.69) is 11.8 Å². The number of rotatable bonds is 3. The van der Waals surface area contributed by atoms with Gasteiger partial charge < -0.3 is 15.2 Å². The second-order valence-corrected chi connectivity index (χ2v) is 6.85. The maximum Gasteiger partial charge on any atom is 0.170 e. The zero-order chi connectivity index (χ0) is 14.0. The molecule has 116 valence electrons. The molecule has 2 atom stereocenters. The highest BCUT2D eigenvalue weighted by Gasteiger charge is 2.46. The first kappa shape index (κ1) is 14.8. The minimum Gasteiger partial charge on any atom is -0.347 e. The topological polar surface area (TPSA) is 47.7 Å². The molecule has 1 spiro atoms.